The topological polar surface area (TPSA) is 65.2 Å². The Kier molecular flexibility index (Phi) is 6.18. The Bertz CT molecular complexity index is 379. The van der Waals surface area contributed by atoms with Gasteiger partial charge in [0.2, 0.25) is 5.89 Å². The molecule has 0 bridgehead atoms. The SMILES string of the molecule is CCOC(=O)C(CC(C)C)c1nc(CSC)no1. The molecule has 0 aliphatic rings. The third-order valence-electron chi connectivity index (χ3n) is 2.33. The number of hydrogen-bond acceptors (Lipinski definition) is 6. The molecule has 0 aliphatic heterocycles. The van der Waals surface area contributed by atoms with Crippen LogP contribution in [0, 0.1) is 5.92 Å². The maximum Gasteiger partial charge on any atom is 0.318 e. The number of thioether (sulfide) groups is 1. The van der Waals surface area contributed by atoms with Gasteiger partial charge in [0.05, 0.1) is 12.4 Å². The molecule has 0 amide bonds. The van der Waals surface area contributed by atoms with Gasteiger partial charge in [-0.05, 0) is 25.5 Å². The van der Waals surface area contributed by atoms with E-state index < -0.39 is 5.92 Å². The van der Waals surface area contributed by atoms with Gasteiger partial charge >= 0.3 is 5.97 Å². The predicted octanol–water partition coefficient (Wildman–Crippen LogP) is 2.63. The first-order valence-electron chi connectivity index (χ1n) is 6.06. The molecule has 1 heterocycles. The molecule has 102 valence electrons. The van der Waals surface area contributed by atoms with Gasteiger partial charge in [-0.2, -0.15) is 16.7 Å². The van der Waals surface area contributed by atoms with Crippen LogP contribution in [0.3, 0.4) is 0 Å². The smallest absolute Gasteiger partial charge is 0.318 e. The fourth-order valence-electron chi connectivity index (χ4n) is 1.61. The molecular formula is C12H20N2O3S. The summed E-state index contributed by atoms with van der Waals surface area (Å²) in [7, 11) is 0. The molecule has 5 nitrogen and oxygen atoms in total. The number of rotatable bonds is 7. The van der Waals surface area contributed by atoms with Gasteiger partial charge in [-0.15, -0.1) is 0 Å². The van der Waals surface area contributed by atoms with Crippen molar-refractivity contribution in [2.75, 3.05) is 12.9 Å². The van der Waals surface area contributed by atoms with Crippen molar-refractivity contribution in [1.82, 2.24) is 10.1 Å². The van der Waals surface area contributed by atoms with E-state index in [2.05, 4.69) is 10.1 Å². The Balaban J connectivity index is 2.83. The van der Waals surface area contributed by atoms with Crippen molar-refractivity contribution >= 4 is 17.7 Å². The van der Waals surface area contributed by atoms with Crippen LogP contribution in [-0.2, 0) is 15.3 Å². The van der Waals surface area contributed by atoms with Gasteiger partial charge in [-0.3, -0.25) is 4.79 Å². The molecular weight excluding hydrogens is 252 g/mol. The Labute approximate surface area is 112 Å². The molecule has 0 saturated carbocycles. The summed E-state index contributed by atoms with van der Waals surface area (Å²) in [6.07, 6.45) is 2.62. The van der Waals surface area contributed by atoms with Gasteiger partial charge in [-0.1, -0.05) is 19.0 Å². The quantitative estimate of drug-likeness (QED) is 0.711. The van der Waals surface area contributed by atoms with Gasteiger partial charge in [0.25, 0.3) is 0 Å². The van der Waals surface area contributed by atoms with E-state index in [9.17, 15) is 4.79 Å². The summed E-state index contributed by atoms with van der Waals surface area (Å²) in [4.78, 5) is 16.1. The van der Waals surface area contributed by atoms with Gasteiger partial charge in [0.1, 0.15) is 5.92 Å². The molecule has 0 radical (unpaired) electrons. The Morgan fingerprint density at radius 2 is 2.22 bits per heavy atom. The molecule has 0 N–H and O–H groups in total. The fraction of sp³-hybridized carbons (Fsp3) is 0.750. The van der Waals surface area contributed by atoms with Crippen LogP contribution in [0.1, 0.15) is 44.8 Å². The molecule has 1 atom stereocenters. The van der Waals surface area contributed by atoms with E-state index in [1.807, 2.05) is 20.1 Å². The molecule has 0 aliphatic carbocycles. The average Bonchev–Trinajstić information content (AvgIpc) is 2.75. The third-order valence-corrected chi connectivity index (χ3v) is 2.88. The molecule has 1 aromatic heterocycles. The lowest BCUT2D eigenvalue weighted by molar-refractivity contribution is -0.146. The first-order valence-corrected chi connectivity index (χ1v) is 7.45. The van der Waals surface area contributed by atoms with Gasteiger partial charge in [0.15, 0.2) is 5.82 Å². The van der Waals surface area contributed by atoms with Gasteiger partial charge < -0.3 is 9.26 Å². The lowest BCUT2D eigenvalue weighted by Crippen LogP contribution is -2.18. The summed E-state index contributed by atoms with van der Waals surface area (Å²) in [6, 6.07) is 0. The number of esters is 1. The maximum atomic E-state index is 11.9. The summed E-state index contributed by atoms with van der Waals surface area (Å²) in [5, 5.41) is 3.86. The first kappa shape index (κ1) is 15.0. The Morgan fingerprint density at radius 3 is 2.78 bits per heavy atom. The van der Waals surface area contributed by atoms with Crippen LogP contribution in [0.15, 0.2) is 4.52 Å². The van der Waals surface area contributed by atoms with E-state index in [0.717, 1.165) is 0 Å². The number of aromatic nitrogens is 2. The highest BCUT2D eigenvalue weighted by atomic mass is 32.2. The minimum Gasteiger partial charge on any atom is -0.465 e. The first-order chi connectivity index (χ1) is 8.58. The van der Waals surface area contributed by atoms with Crippen molar-refractivity contribution in [3.63, 3.8) is 0 Å². The molecule has 0 saturated heterocycles. The highest BCUT2D eigenvalue weighted by Gasteiger charge is 2.28. The second-order valence-electron chi connectivity index (χ2n) is 4.42. The van der Waals surface area contributed by atoms with E-state index in [-0.39, 0.29) is 5.97 Å². The van der Waals surface area contributed by atoms with Crippen molar-refractivity contribution in [3.05, 3.63) is 11.7 Å². The number of carbonyl (C=O) groups excluding carboxylic acids is 1. The van der Waals surface area contributed by atoms with Crippen LogP contribution < -0.4 is 0 Å². The van der Waals surface area contributed by atoms with Gasteiger partial charge in [0, 0.05) is 0 Å². The number of carbonyl (C=O) groups is 1. The van der Waals surface area contributed by atoms with Crippen LogP contribution in [0.2, 0.25) is 0 Å². The minimum absolute atomic E-state index is 0.287. The summed E-state index contributed by atoms with van der Waals surface area (Å²) in [6.45, 7) is 6.24. The van der Waals surface area contributed by atoms with E-state index >= 15 is 0 Å². The lowest BCUT2D eigenvalue weighted by atomic mass is 9.97. The van der Waals surface area contributed by atoms with Crippen molar-refractivity contribution in [3.8, 4) is 0 Å². The van der Waals surface area contributed by atoms with Crippen LogP contribution in [0.25, 0.3) is 0 Å². The minimum atomic E-state index is -0.451. The van der Waals surface area contributed by atoms with Crippen molar-refractivity contribution in [1.29, 1.82) is 0 Å². The predicted molar refractivity (Wildman–Crippen MR) is 70.3 cm³/mol. The van der Waals surface area contributed by atoms with Crippen LogP contribution in [0.5, 0.6) is 0 Å². The van der Waals surface area contributed by atoms with E-state index in [0.29, 0.717) is 36.4 Å². The molecule has 1 unspecified atom stereocenters. The Hall–Kier alpha value is -1.04. The molecule has 18 heavy (non-hydrogen) atoms. The zero-order chi connectivity index (χ0) is 13.5. The largest absolute Gasteiger partial charge is 0.465 e. The molecule has 0 spiro atoms. The van der Waals surface area contributed by atoms with Gasteiger partial charge in [-0.25, -0.2) is 0 Å². The zero-order valence-electron chi connectivity index (χ0n) is 11.3. The monoisotopic (exact) mass is 272 g/mol. The van der Waals surface area contributed by atoms with E-state index in [1.54, 1.807) is 18.7 Å². The summed E-state index contributed by atoms with van der Waals surface area (Å²) in [5.74, 6) is 1.29. The van der Waals surface area contributed by atoms with E-state index in [4.69, 9.17) is 9.26 Å². The van der Waals surface area contributed by atoms with Crippen LogP contribution >= 0.6 is 11.8 Å². The molecule has 1 aromatic rings. The Morgan fingerprint density at radius 1 is 1.50 bits per heavy atom. The zero-order valence-corrected chi connectivity index (χ0v) is 12.1. The standard InChI is InChI=1S/C12H20N2O3S/c1-5-16-12(15)9(6-8(2)3)11-13-10(7-18-4)14-17-11/h8-9H,5-7H2,1-4H3. The molecule has 1 rings (SSSR count). The van der Waals surface area contributed by atoms with Crippen molar-refractivity contribution in [2.24, 2.45) is 5.92 Å². The summed E-state index contributed by atoms with van der Waals surface area (Å²) in [5.41, 5.74) is 0. The number of ether oxygens (including phenoxy) is 1. The summed E-state index contributed by atoms with van der Waals surface area (Å²) < 4.78 is 10.2. The van der Waals surface area contributed by atoms with E-state index in [1.165, 1.54) is 0 Å². The maximum absolute atomic E-state index is 11.9. The second-order valence-corrected chi connectivity index (χ2v) is 5.28. The molecule has 0 aromatic carbocycles. The highest BCUT2D eigenvalue weighted by molar-refractivity contribution is 7.97. The number of nitrogens with zero attached hydrogens (tertiary/aromatic N) is 2. The summed E-state index contributed by atoms with van der Waals surface area (Å²) >= 11 is 1.61. The van der Waals surface area contributed by atoms with Crippen LogP contribution in [0.4, 0.5) is 0 Å². The highest BCUT2D eigenvalue weighted by Crippen LogP contribution is 2.24. The molecule has 0 fully saturated rings. The second kappa shape index (κ2) is 7.41. The third kappa shape index (κ3) is 4.33. The fourth-order valence-corrected chi connectivity index (χ4v) is 1.98. The average molecular weight is 272 g/mol. The lowest BCUT2D eigenvalue weighted by Gasteiger charge is -2.13. The number of hydrogen-bond donors (Lipinski definition) is 0. The van der Waals surface area contributed by atoms with Crippen molar-refractivity contribution < 1.29 is 14.1 Å². The normalized spacial score (nSPS) is 12.7. The van der Waals surface area contributed by atoms with Crippen molar-refractivity contribution in [2.45, 2.75) is 38.9 Å². The van der Waals surface area contributed by atoms with Crippen LogP contribution in [-0.4, -0.2) is 29.0 Å². The molecule has 6 heteroatoms.